The Morgan fingerprint density at radius 2 is 1.87 bits per heavy atom. The maximum absolute atomic E-state index is 6.35. The topological polar surface area (TPSA) is 97.9 Å². The number of aromatic amines is 1. The molecule has 1 fully saturated rings. The van der Waals surface area contributed by atoms with Crippen LogP contribution in [0.5, 0.6) is 0 Å². The van der Waals surface area contributed by atoms with Crippen LogP contribution in [-0.2, 0) is 17.7 Å². The van der Waals surface area contributed by atoms with Crippen LogP contribution in [0.3, 0.4) is 0 Å². The minimum absolute atomic E-state index is 0.544. The number of aryl methyl sites for hydroxylation is 2. The molecular weight excluding hydrogens is 378 g/mol. The molecule has 4 aromatic rings. The number of nitrogens with two attached hydrogens (primary N) is 1. The monoisotopic (exact) mass is 403 g/mol. The number of ether oxygens (including phenoxy) is 1. The summed E-state index contributed by atoms with van der Waals surface area (Å²) in [5.41, 5.74) is 10.6. The molecule has 1 aromatic carbocycles. The number of morpholine rings is 1. The third kappa shape index (κ3) is 3.50. The molecule has 5 rings (SSSR count). The van der Waals surface area contributed by atoms with Gasteiger partial charge < -0.3 is 19.9 Å². The standard InChI is InChI=1S/C22H25N7O/c23-20-19(22(27-26-20)28-12-14-30-15-13-28)21-25-17-5-1-2-6-18(17)29(21)11-3-4-16-7-9-24-10-8-16/h1-2,5-10H,3-4,11-15H2,(H3,23,26,27). The second-order valence-electron chi connectivity index (χ2n) is 7.47. The van der Waals surface area contributed by atoms with E-state index in [1.807, 2.05) is 24.5 Å². The number of nitrogens with one attached hydrogen (secondary N) is 1. The number of imidazole rings is 1. The quantitative estimate of drug-likeness (QED) is 0.514. The van der Waals surface area contributed by atoms with Gasteiger partial charge in [0.1, 0.15) is 17.2 Å². The van der Waals surface area contributed by atoms with Crippen LogP contribution in [0.2, 0.25) is 0 Å². The molecule has 30 heavy (non-hydrogen) atoms. The first-order valence-corrected chi connectivity index (χ1v) is 10.3. The van der Waals surface area contributed by atoms with E-state index in [9.17, 15) is 0 Å². The van der Waals surface area contributed by atoms with Gasteiger partial charge >= 0.3 is 0 Å². The predicted molar refractivity (Wildman–Crippen MR) is 117 cm³/mol. The normalized spacial score (nSPS) is 14.5. The maximum atomic E-state index is 6.35. The summed E-state index contributed by atoms with van der Waals surface area (Å²) in [5, 5.41) is 7.49. The first-order valence-electron chi connectivity index (χ1n) is 10.3. The number of H-pyrrole nitrogens is 1. The smallest absolute Gasteiger partial charge is 0.163 e. The summed E-state index contributed by atoms with van der Waals surface area (Å²) in [7, 11) is 0. The Kier molecular flexibility index (Phi) is 5.06. The van der Waals surface area contributed by atoms with Crippen LogP contribution >= 0.6 is 0 Å². The van der Waals surface area contributed by atoms with Crippen molar-refractivity contribution in [2.45, 2.75) is 19.4 Å². The first kappa shape index (κ1) is 18.6. The fourth-order valence-electron chi connectivity index (χ4n) is 4.05. The number of aromatic nitrogens is 5. The Morgan fingerprint density at radius 1 is 1.07 bits per heavy atom. The predicted octanol–water partition coefficient (Wildman–Crippen LogP) is 2.87. The molecule has 0 atom stereocenters. The number of anilines is 2. The Morgan fingerprint density at radius 3 is 2.70 bits per heavy atom. The molecule has 3 N–H and O–H groups in total. The van der Waals surface area contributed by atoms with Crippen molar-refractivity contribution >= 4 is 22.7 Å². The van der Waals surface area contributed by atoms with Gasteiger partial charge in [-0.15, -0.1) is 0 Å². The molecule has 1 aliphatic heterocycles. The van der Waals surface area contributed by atoms with Crippen LogP contribution in [0.1, 0.15) is 12.0 Å². The van der Waals surface area contributed by atoms with Crippen molar-refractivity contribution in [3.8, 4) is 11.4 Å². The Balaban J connectivity index is 1.52. The zero-order valence-corrected chi connectivity index (χ0v) is 16.8. The number of para-hydroxylation sites is 2. The average molecular weight is 403 g/mol. The van der Waals surface area contributed by atoms with Crippen molar-refractivity contribution in [1.29, 1.82) is 0 Å². The van der Waals surface area contributed by atoms with Gasteiger partial charge in [-0.3, -0.25) is 10.1 Å². The summed E-state index contributed by atoms with van der Waals surface area (Å²) in [5.74, 6) is 2.25. The molecule has 4 heterocycles. The molecule has 0 bridgehead atoms. The van der Waals surface area contributed by atoms with Gasteiger partial charge in [-0.1, -0.05) is 12.1 Å². The van der Waals surface area contributed by atoms with Crippen LogP contribution in [-0.4, -0.2) is 51.0 Å². The van der Waals surface area contributed by atoms with Gasteiger partial charge in [0.05, 0.1) is 24.2 Å². The molecule has 0 saturated carbocycles. The minimum Gasteiger partial charge on any atom is -0.383 e. The molecule has 8 heteroatoms. The summed E-state index contributed by atoms with van der Waals surface area (Å²) < 4.78 is 7.77. The lowest BCUT2D eigenvalue weighted by Crippen LogP contribution is -2.36. The molecule has 8 nitrogen and oxygen atoms in total. The molecule has 3 aromatic heterocycles. The van der Waals surface area contributed by atoms with Gasteiger partial charge in [-0.25, -0.2) is 4.98 Å². The van der Waals surface area contributed by atoms with Crippen LogP contribution in [0.4, 0.5) is 11.6 Å². The SMILES string of the molecule is Nc1[nH]nc(N2CCOCC2)c1-c1nc2ccccc2n1CCCc1ccncc1. The summed E-state index contributed by atoms with van der Waals surface area (Å²) in [6.45, 7) is 3.80. The Labute approximate surface area is 174 Å². The van der Waals surface area contributed by atoms with Gasteiger partial charge in [0.2, 0.25) is 0 Å². The van der Waals surface area contributed by atoms with Gasteiger partial charge in [0, 0.05) is 32.0 Å². The Bertz CT molecular complexity index is 1130. The number of benzene rings is 1. The largest absolute Gasteiger partial charge is 0.383 e. The lowest BCUT2D eigenvalue weighted by atomic mass is 10.1. The van der Waals surface area contributed by atoms with Crippen LogP contribution < -0.4 is 10.6 Å². The molecular formula is C22H25N7O. The molecule has 0 amide bonds. The number of rotatable bonds is 6. The van der Waals surface area contributed by atoms with E-state index < -0.39 is 0 Å². The van der Waals surface area contributed by atoms with Crippen molar-refractivity contribution in [3.05, 3.63) is 54.4 Å². The fraction of sp³-hybridized carbons (Fsp3) is 0.318. The summed E-state index contributed by atoms with van der Waals surface area (Å²) in [4.78, 5) is 11.3. The molecule has 1 aliphatic rings. The van der Waals surface area contributed by atoms with Gasteiger partial charge in [0.15, 0.2) is 5.82 Å². The van der Waals surface area contributed by atoms with Crippen molar-refractivity contribution in [2.75, 3.05) is 36.9 Å². The van der Waals surface area contributed by atoms with Gasteiger partial charge in [0.25, 0.3) is 0 Å². The van der Waals surface area contributed by atoms with Crippen molar-refractivity contribution in [3.63, 3.8) is 0 Å². The third-order valence-electron chi connectivity index (χ3n) is 5.56. The number of hydrogen-bond donors (Lipinski definition) is 2. The van der Waals surface area contributed by atoms with E-state index in [4.69, 9.17) is 15.5 Å². The fourth-order valence-corrected chi connectivity index (χ4v) is 4.05. The highest BCUT2D eigenvalue weighted by Gasteiger charge is 2.25. The van der Waals surface area contributed by atoms with Crippen LogP contribution in [0.15, 0.2) is 48.8 Å². The van der Waals surface area contributed by atoms with E-state index >= 15 is 0 Å². The van der Waals surface area contributed by atoms with E-state index in [-0.39, 0.29) is 0 Å². The van der Waals surface area contributed by atoms with Crippen LogP contribution in [0.25, 0.3) is 22.4 Å². The molecule has 0 unspecified atom stereocenters. The lowest BCUT2D eigenvalue weighted by molar-refractivity contribution is 0.122. The maximum Gasteiger partial charge on any atom is 0.163 e. The highest BCUT2D eigenvalue weighted by molar-refractivity contribution is 5.87. The van der Waals surface area contributed by atoms with Gasteiger partial charge in [-0.2, -0.15) is 5.10 Å². The highest BCUT2D eigenvalue weighted by Crippen LogP contribution is 2.35. The number of fused-ring (bicyclic) bond motifs is 1. The number of hydrogen-bond acceptors (Lipinski definition) is 6. The van der Waals surface area contributed by atoms with E-state index in [1.165, 1.54) is 5.56 Å². The lowest BCUT2D eigenvalue weighted by Gasteiger charge is -2.27. The van der Waals surface area contributed by atoms with Crippen LogP contribution in [0, 0.1) is 0 Å². The van der Waals surface area contributed by atoms with E-state index in [0.717, 1.165) is 60.7 Å². The van der Waals surface area contributed by atoms with Gasteiger partial charge in [-0.05, 0) is 42.7 Å². The number of nitrogens with zero attached hydrogens (tertiary/aromatic N) is 5. The molecule has 154 valence electrons. The summed E-state index contributed by atoms with van der Waals surface area (Å²) in [6, 6.07) is 12.4. The summed E-state index contributed by atoms with van der Waals surface area (Å²) in [6.07, 6.45) is 5.65. The highest BCUT2D eigenvalue weighted by atomic mass is 16.5. The molecule has 0 aliphatic carbocycles. The minimum atomic E-state index is 0.544. The van der Waals surface area contributed by atoms with E-state index in [2.05, 4.69) is 48.9 Å². The first-order chi connectivity index (χ1) is 14.8. The van der Waals surface area contributed by atoms with Crippen molar-refractivity contribution < 1.29 is 4.74 Å². The van der Waals surface area contributed by atoms with E-state index in [1.54, 1.807) is 0 Å². The van der Waals surface area contributed by atoms with Crippen molar-refractivity contribution in [1.82, 2.24) is 24.7 Å². The molecule has 0 spiro atoms. The molecule has 0 radical (unpaired) electrons. The zero-order chi connectivity index (χ0) is 20.3. The average Bonchev–Trinajstić information content (AvgIpc) is 3.35. The summed E-state index contributed by atoms with van der Waals surface area (Å²) >= 11 is 0. The van der Waals surface area contributed by atoms with E-state index in [0.29, 0.717) is 19.0 Å². The second kappa shape index (κ2) is 8.16. The zero-order valence-electron chi connectivity index (χ0n) is 16.8. The number of nitrogen functional groups attached to an aromatic ring is 1. The third-order valence-corrected chi connectivity index (χ3v) is 5.56. The second-order valence-corrected chi connectivity index (χ2v) is 7.47. The Hall–Kier alpha value is -3.39. The molecule has 1 saturated heterocycles. The number of pyridine rings is 1. The van der Waals surface area contributed by atoms with Crippen molar-refractivity contribution in [2.24, 2.45) is 0 Å².